The molecule has 0 N–H and O–H groups in total. The predicted octanol–water partition coefficient (Wildman–Crippen LogP) is 3.24. The Morgan fingerprint density at radius 2 is 1.55 bits per heavy atom. The number of piperidine rings is 1. The average Bonchev–Trinajstić information content (AvgIpc) is 2.66. The van der Waals surface area contributed by atoms with Crippen molar-refractivity contribution in [3.63, 3.8) is 0 Å². The van der Waals surface area contributed by atoms with Crippen molar-refractivity contribution >= 4 is 21.5 Å². The van der Waals surface area contributed by atoms with E-state index >= 15 is 0 Å². The normalized spacial score (nSPS) is 15.4. The quantitative estimate of drug-likeness (QED) is 0.705. The molecule has 0 atom stereocenters. The molecule has 1 aliphatic heterocycles. The summed E-state index contributed by atoms with van der Waals surface area (Å²) in [4.78, 5) is 26.6. The molecule has 9 heteroatoms. The van der Waals surface area contributed by atoms with Gasteiger partial charge in [-0.2, -0.15) is 0 Å². The van der Waals surface area contributed by atoms with Crippen LogP contribution in [0.25, 0.3) is 0 Å². The molecule has 1 amide bonds. The van der Waals surface area contributed by atoms with Crippen LogP contribution in [0.2, 0.25) is 0 Å². The van der Waals surface area contributed by atoms with E-state index in [9.17, 15) is 31.2 Å². The van der Waals surface area contributed by atoms with Crippen LogP contribution in [0.4, 0.5) is 13.2 Å². The minimum Gasteiger partial charge on any atom is -0.339 e. The number of amides is 1. The number of likely N-dealkylation sites (tertiary alicyclic amines) is 1. The van der Waals surface area contributed by atoms with Gasteiger partial charge in [-0.3, -0.25) is 9.59 Å². The number of ketones is 1. The van der Waals surface area contributed by atoms with E-state index in [1.165, 1.54) is 23.1 Å². The number of Topliss-reactive ketones (excluding diaryl/α,β-unsaturated/α-hetero) is 1. The van der Waals surface area contributed by atoms with Gasteiger partial charge in [0, 0.05) is 37.4 Å². The molecule has 2 aromatic carbocycles. The van der Waals surface area contributed by atoms with Crippen molar-refractivity contribution in [3.05, 3.63) is 65.0 Å². The maximum atomic E-state index is 13.9. The third-order valence-corrected chi connectivity index (χ3v) is 6.08. The van der Waals surface area contributed by atoms with E-state index in [2.05, 4.69) is 0 Å². The van der Waals surface area contributed by atoms with Gasteiger partial charge in [0.2, 0.25) is 0 Å². The van der Waals surface area contributed by atoms with Gasteiger partial charge < -0.3 is 4.90 Å². The van der Waals surface area contributed by atoms with Crippen LogP contribution < -0.4 is 0 Å². The van der Waals surface area contributed by atoms with Crippen LogP contribution >= 0.6 is 0 Å². The van der Waals surface area contributed by atoms with Gasteiger partial charge in [0.15, 0.2) is 15.6 Å². The molecule has 0 spiro atoms. The smallest absolute Gasteiger partial charge is 0.255 e. The second-order valence-electron chi connectivity index (χ2n) is 6.94. The molecule has 0 aromatic heterocycles. The van der Waals surface area contributed by atoms with Crippen molar-refractivity contribution in [2.45, 2.75) is 17.7 Å². The average molecular weight is 425 g/mol. The van der Waals surface area contributed by atoms with E-state index in [0.717, 1.165) is 6.26 Å². The Labute approximate surface area is 166 Å². The molecular weight excluding hydrogens is 407 g/mol. The van der Waals surface area contributed by atoms with Gasteiger partial charge in [0.05, 0.1) is 16.0 Å². The van der Waals surface area contributed by atoms with E-state index < -0.39 is 50.5 Å². The van der Waals surface area contributed by atoms with Gasteiger partial charge >= 0.3 is 0 Å². The number of hydrogen-bond donors (Lipinski definition) is 0. The SMILES string of the molecule is CS(=O)(=O)c1ccccc1C(=O)N1CCC(C(=O)c2c(F)cc(F)cc2F)CC1. The first-order valence-corrected chi connectivity index (χ1v) is 10.8. The predicted molar refractivity (Wildman–Crippen MR) is 98.8 cm³/mol. The zero-order chi connectivity index (χ0) is 21.3. The van der Waals surface area contributed by atoms with Gasteiger partial charge in [-0.15, -0.1) is 0 Å². The van der Waals surface area contributed by atoms with Crippen LogP contribution in [0, 0.1) is 23.4 Å². The Morgan fingerprint density at radius 3 is 2.10 bits per heavy atom. The number of carbonyl (C=O) groups excluding carboxylic acids is 2. The molecule has 1 aliphatic rings. The second-order valence-corrected chi connectivity index (χ2v) is 8.93. The number of benzene rings is 2. The Hall–Kier alpha value is -2.68. The molecule has 1 heterocycles. The summed E-state index contributed by atoms with van der Waals surface area (Å²) >= 11 is 0. The summed E-state index contributed by atoms with van der Waals surface area (Å²) in [6.45, 7) is 0.246. The van der Waals surface area contributed by atoms with Crippen LogP contribution in [0.1, 0.15) is 33.6 Å². The van der Waals surface area contributed by atoms with Crippen molar-refractivity contribution in [2.75, 3.05) is 19.3 Å². The zero-order valence-electron chi connectivity index (χ0n) is 15.5. The van der Waals surface area contributed by atoms with E-state index in [0.29, 0.717) is 12.1 Å². The first kappa shape index (κ1) is 21.0. The summed E-state index contributed by atoms with van der Waals surface area (Å²) in [6, 6.07) is 6.74. The third kappa shape index (κ3) is 4.34. The maximum Gasteiger partial charge on any atom is 0.255 e. The molecule has 0 saturated carbocycles. The first-order valence-electron chi connectivity index (χ1n) is 8.86. The van der Waals surface area contributed by atoms with Gasteiger partial charge in [-0.05, 0) is 25.0 Å². The maximum absolute atomic E-state index is 13.9. The molecule has 5 nitrogen and oxygen atoms in total. The van der Waals surface area contributed by atoms with Crippen LogP contribution in [0.3, 0.4) is 0 Å². The number of sulfone groups is 1. The Balaban J connectivity index is 1.75. The number of rotatable bonds is 4. The van der Waals surface area contributed by atoms with Gasteiger partial charge in [0.1, 0.15) is 17.5 Å². The molecule has 3 rings (SSSR count). The molecule has 0 aliphatic carbocycles. The fourth-order valence-corrected chi connectivity index (χ4v) is 4.34. The highest BCUT2D eigenvalue weighted by molar-refractivity contribution is 7.90. The molecule has 2 aromatic rings. The molecule has 1 fully saturated rings. The summed E-state index contributed by atoms with van der Waals surface area (Å²) in [5.41, 5.74) is -0.742. The van der Waals surface area contributed by atoms with Gasteiger partial charge in [-0.25, -0.2) is 21.6 Å². The second kappa shape index (κ2) is 7.98. The fourth-order valence-electron chi connectivity index (χ4n) is 3.46. The van der Waals surface area contributed by atoms with E-state index in [1.54, 1.807) is 6.07 Å². The highest BCUT2D eigenvalue weighted by Gasteiger charge is 2.32. The molecule has 0 bridgehead atoms. The zero-order valence-corrected chi connectivity index (χ0v) is 16.3. The third-order valence-electron chi connectivity index (χ3n) is 4.92. The van der Waals surface area contributed by atoms with Crippen molar-refractivity contribution in [1.82, 2.24) is 4.90 Å². The van der Waals surface area contributed by atoms with E-state index in [1.807, 2.05) is 0 Å². The van der Waals surface area contributed by atoms with Crippen LogP contribution in [0.15, 0.2) is 41.3 Å². The summed E-state index contributed by atoms with van der Waals surface area (Å²) in [6.07, 6.45) is 1.32. The highest BCUT2D eigenvalue weighted by Crippen LogP contribution is 2.27. The van der Waals surface area contributed by atoms with Crippen molar-refractivity contribution < 1.29 is 31.2 Å². The largest absolute Gasteiger partial charge is 0.339 e. The summed E-state index contributed by atoms with van der Waals surface area (Å²) in [7, 11) is -3.61. The van der Waals surface area contributed by atoms with Gasteiger partial charge in [0.25, 0.3) is 5.91 Å². The standard InChI is InChI=1S/C20H18F3NO4S/c1-29(27,28)17-5-3-2-4-14(17)20(26)24-8-6-12(7-9-24)19(25)18-15(22)10-13(21)11-16(18)23/h2-5,10-12H,6-9H2,1H3. The van der Waals surface area contributed by atoms with Crippen molar-refractivity contribution in [2.24, 2.45) is 5.92 Å². The summed E-state index contributed by atoms with van der Waals surface area (Å²) < 4.78 is 64.6. The Morgan fingerprint density at radius 1 is 1.00 bits per heavy atom. The molecule has 154 valence electrons. The van der Waals surface area contributed by atoms with E-state index in [4.69, 9.17) is 0 Å². The summed E-state index contributed by atoms with van der Waals surface area (Å²) in [5.74, 6) is -5.61. The number of halogens is 3. The number of carbonyl (C=O) groups is 2. The topological polar surface area (TPSA) is 71.5 Å². The van der Waals surface area contributed by atoms with Crippen LogP contribution in [-0.4, -0.2) is 44.4 Å². The molecule has 1 saturated heterocycles. The molecule has 29 heavy (non-hydrogen) atoms. The molecule has 0 radical (unpaired) electrons. The minimum absolute atomic E-state index is 0.0374. The monoisotopic (exact) mass is 425 g/mol. The number of nitrogens with zero attached hydrogens (tertiary/aromatic N) is 1. The first-order chi connectivity index (χ1) is 13.6. The lowest BCUT2D eigenvalue weighted by Gasteiger charge is -2.31. The molecular formula is C20H18F3NO4S. The van der Waals surface area contributed by atoms with Crippen molar-refractivity contribution in [1.29, 1.82) is 0 Å². The Bertz CT molecular complexity index is 1050. The highest BCUT2D eigenvalue weighted by atomic mass is 32.2. The Kier molecular flexibility index (Phi) is 5.79. The molecule has 0 unspecified atom stereocenters. The van der Waals surface area contributed by atoms with Crippen molar-refractivity contribution in [3.8, 4) is 0 Å². The van der Waals surface area contributed by atoms with E-state index in [-0.39, 0.29) is 36.4 Å². The fraction of sp³-hybridized carbons (Fsp3) is 0.300. The van der Waals surface area contributed by atoms with Gasteiger partial charge in [-0.1, -0.05) is 12.1 Å². The van der Waals surface area contributed by atoms with Crippen LogP contribution in [-0.2, 0) is 9.84 Å². The lowest BCUT2D eigenvalue weighted by Crippen LogP contribution is -2.41. The van der Waals surface area contributed by atoms with Crippen LogP contribution in [0.5, 0.6) is 0 Å². The minimum atomic E-state index is -3.61. The summed E-state index contributed by atoms with van der Waals surface area (Å²) in [5, 5.41) is 0. The number of hydrogen-bond acceptors (Lipinski definition) is 4. The lowest BCUT2D eigenvalue weighted by atomic mass is 9.88. The lowest BCUT2D eigenvalue weighted by molar-refractivity contribution is 0.0644.